The van der Waals surface area contributed by atoms with Gasteiger partial charge in [0.25, 0.3) is 5.91 Å². The second-order valence-electron chi connectivity index (χ2n) is 7.01. The van der Waals surface area contributed by atoms with Gasteiger partial charge in [0.05, 0.1) is 0 Å². The normalized spacial score (nSPS) is 10.7. The van der Waals surface area contributed by atoms with Gasteiger partial charge >= 0.3 is 0 Å². The van der Waals surface area contributed by atoms with Gasteiger partial charge in [-0.15, -0.1) is 0 Å². The van der Waals surface area contributed by atoms with Gasteiger partial charge in [0.2, 0.25) is 0 Å². The molecule has 0 aliphatic carbocycles. The Labute approximate surface area is 156 Å². The highest BCUT2D eigenvalue weighted by Crippen LogP contribution is 2.23. The first-order chi connectivity index (χ1) is 12.3. The number of aryl methyl sites for hydroxylation is 1. The summed E-state index contributed by atoms with van der Waals surface area (Å²) in [5.74, 6) is -0.0797. The zero-order valence-corrected chi connectivity index (χ0v) is 16.6. The van der Waals surface area contributed by atoms with Crippen LogP contribution in [0.2, 0.25) is 0 Å². The summed E-state index contributed by atoms with van der Waals surface area (Å²) >= 11 is 0. The second-order valence-corrected chi connectivity index (χ2v) is 7.01. The van der Waals surface area contributed by atoms with Crippen LogP contribution in [-0.2, 0) is 13.0 Å². The number of hydrogen-bond acceptors (Lipinski definition) is 3. The average Bonchev–Trinajstić information content (AvgIpc) is 2.91. The topological polar surface area (TPSA) is 56.4 Å². The molecule has 0 unspecified atom stereocenters. The van der Waals surface area contributed by atoms with E-state index in [0.29, 0.717) is 24.2 Å². The minimum absolute atomic E-state index is 0.00294. The summed E-state index contributed by atoms with van der Waals surface area (Å²) in [4.78, 5) is 31.9. The number of anilines is 1. The highest BCUT2D eigenvalue weighted by molar-refractivity contribution is 6.02. The fraction of sp³-hybridized carbons (Fsp3) is 0.429. The molecule has 1 amide bonds. The van der Waals surface area contributed by atoms with Crippen LogP contribution in [0.4, 0.5) is 5.69 Å². The number of rotatable bonds is 7. The zero-order chi connectivity index (χ0) is 19.4. The van der Waals surface area contributed by atoms with Crippen LogP contribution >= 0.6 is 0 Å². The summed E-state index contributed by atoms with van der Waals surface area (Å²) < 4.78 is 0. The maximum absolute atomic E-state index is 13.0. The minimum atomic E-state index is -0.0827. The Morgan fingerprint density at radius 2 is 1.69 bits per heavy atom. The number of Topliss-reactive ketones (excluding diaryl/α,β-unsaturated/α-hetero) is 1. The fourth-order valence-electron chi connectivity index (χ4n) is 3.27. The SMILES string of the molecule is CCCc1c(C(=O)N(C)Cc2ccc(N(C)C)cc2)[nH]c(C)c1C(C)=O. The van der Waals surface area contributed by atoms with E-state index in [9.17, 15) is 9.59 Å². The zero-order valence-electron chi connectivity index (χ0n) is 16.6. The molecule has 0 radical (unpaired) electrons. The summed E-state index contributed by atoms with van der Waals surface area (Å²) in [5, 5.41) is 0. The third-order valence-electron chi connectivity index (χ3n) is 4.58. The number of benzene rings is 1. The van der Waals surface area contributed by atoms with Crippen molar-refractivity contribution < 1.29 is 9.59 Å². The first-order valence-electron chi connectivity index (χ1n) is 9.00. The second kappa shape index (κ2) is 8.21. The molecule has 0 atom stereocenters. The summed E-state index contributed by atoms with van der Waals surface area (Å²) in [7, 11) is 5.79. The van der Waals surface area contributed by atoms with Crippen molar-refractivity contribution in [2.45, 2.75) is 40.2 Å². The first-order valence-corrected chi connectivity index (χ1v) is 9.00. The molecule has 0 bridgehead atoms. The van der Waals surface area contributed by atoms with Crippen LogP contribution < -0.4 is 4.90 Å². The van der Waals surface area contributed by atoms with Crippen molar-refractivity contribution in [1.29, 1.82) is 0 Å². The molecule has 140 valence electrons. The number of amides is 1. The summed E-state index contributed by atoms with van der Waals surface area (Å²) in [6.45, 7) is 5.98. The van der Waals surface area contributed by atoms with Crippen molar-refractivity contribution in [3.05, 3.63) is 52.3 Å². The Kier molecular flexibility index (Phi) is 6.24. The molecule has 0 aliphatic heterocycles. The number of aromatic amines is 1. The molecule has 2 aromatic rings. The molecule has 0 aliphatic rings. The van der Waals surface area contributed by atoms with E-state index in [1.807, 2.05) is 50.2 Å². The fourth-order valence-corrected chi connectivity index (χ4v) is 3.27. The Hall–Kier alpha value is -2.56. The predicted molar refractivity (Wildman–Crippen MR) is 106 cm³/mol. The molecule has 1 N–H and O–H groups in total. The first kappa shape index (κ1) is 19.8. The molecule has 1 heterocycles. The van der Waals surface area contributed by atoms with Crippen molar-refractivity contribution in [2.24, 2.45) is 0 Å². The van der Waals surface area contributed by atoms with Gasteiger partial charge in [0.15, 0.2) is 5.78 Å². The Morgan fingerprint density at radius 1 is 1.08 bits per heavy atom. The third-order valence-corrected chi connectivity index (χ3v) is 4.58. The maximum Gasteiger partial charge on any atom is 0.270 e. The summed E-state index contributed by atoms with van der Waals surface area (Å²) in [5.41, 5.74) is 5.02. The quantitative estimate of drug-likeness (QED) is 0.768. The number of nitrogens with one attached hydrogen (secondary N) is 1. The average molecular weight is 355 g/mol. The van der Waals surface area contributed by atoms with Crippen molar-refractivity contribution >= 4 is 17.4 Å². The van der Waals surface area contributed by atoms with Crippen LogP contribution in [-0.4, -0.2) is 42.7 Å². The van der Waals surface area contributed by atoms with Gasteiger partial charge in [0, 0.05) is 44.6 Å². The summed E-state index contributed by atoms with van der Waals surface area (Å²) in [6, 6.07) is 8.16. The lowest BCUT2D eigenvalue weighted by atomic mass is 10.0. The molecule has 1 aromatic carbocycles. The number of nitrogens with zero attached hydrogens (tertiary/aromatic N) is 2. The molecule has 0 saturated carbocycles. The van der Waals surface area contributed by atoms with Crippen LogP contribution in [0.5, 0.6) is 0 Å². The molecule has 5 heteroatoms. The van der Waals surface area contributed by atoms with Gasteiger partial charge in [-0.25, -0.2) is 0 Å². The van der Waals surface area contributed by atoms with E-state index in [-0.39, 0.29) is 11.7 Å². The molecule has 2 rings (SSSR count). The van der Waals surface area contributed by atoms with Gasteiger partial charge in [-0.1, -0.05) is 25.5 Å². The highest BCUT2D eigenvalue weighted by atomic mass is 16.2. The Balaban J connectivity index is 2.25. The van der Waals surface area contributed by atoms with Crippen LogP contribution in [0.3, 0.4) is 0 Å². The van der Waals surface area contributed by atoms with Gasteiger partial charge in [-0.05, 0) is 43.5 Å². The minimum Gasteiger partial charge on any atom is -0.378 e. The van der Waals surface area contributed by atoms with Crippen molar-refractivity contribution in [3.63, 3.8) is 0 Å². The number of aromatic nitrogens is 1. The molecular weight excluding hydrogens is 326 g/mol. The molecule has 0 fully saturated rings. The lowest BCUT2D eigenvalue weighted by Gasteiger charge is -2.19. The van der Waals surface area contributed by atoms with Gasteiger partial charge < -0.3 is 14.8 Å². The maximum atomic E-state index is 13.0. The van der Waals surface area contributed by atoms with E-state index < -0.39 is 0 Å². The number of hydrogen-bond donors (Lipinski definition) is 1. The number of carbonyl (C=O) groups is 2. The standard InChI is InChI=1S/C21H29N3O2/c1-7-8-18-19(15(3)25)14(2)22-20(18)21(26)24(6)13-16-9-11-17(12-10-16)23(4)5/h9-12,22H,7-8,13H2,1-6H3. The third kappa shape index (κ3) is 4.15. The smallest absolute Gasteiger partial charge is 0.270 e. The number of carbonyl (C=O) groups excluding carboxylic acids is 2. The van der Waals surface area contributed by atoms with Gasteiger partial charge in [-0.3, -0.25) is 9.59 Å². The van der Waals surface area contributed by atoms with Gasteiger partial charge in [0.1, 0.15) is 5.69 Å². The molecule has 1 aromatic heterocycles. The predicted octanol–water partition coefficient (Wildman–Crippen LogP) is 3.82. The lowest BCUT2D eigenvalue weighted by molar-refractivity contribution is 0.0778. The van der Waals surface area contributed by atoms with E-state index >= 15 is 0 Å². The largest absolute Gasteiger partial charge is 0.378 e. The van der Waals surface area contributed by atoms with Crippen LogP contribution in [0.15, 0.2) is 24.3 Å². The highest BCUT2D eigenvalue weighted by Gasteiger charge is 2.24. The van der Waals surface area contributed by atoms with E-state index in [0.717, 1.165) is 28.9 Å². The Bertz CT molecular complexity index is 788. The molecular formula is C21H29N3O2. The Morgan fingerprint density at radius 3 is 2.19 bits per heavy atom. The van der Waals surface area contributed by atoms with Crippen molar-refractivity contribution in [2.75, 3.05) is 26.0 Å². The van der Waals surface area contributed by atoms with E-state index in [1.54, 1.807) is 18.9 Å². The van der Waals surface area contributed by atoms with Crippen LogP contribution in [0.1, 0.15) is 57.9 Å². The van der Waals surface area contributed by atoms with Crippen LogP contribution in [0.25, 0.3) is 0 Å². The van der Waals surface area contributed by atoms with Crippen LogP contribution in [0, 0.1) is 6.92 Å². The van der Waals surface area contributed by atoms with Crippen molar-refractivity contribution in [3.8, 4) is 0 Å². The lowest BCUT2D eigenvalue weighted by Crippen LogP contribution is -2.27. The number of H-pyrrole nitrogens is 1. The van der Waals surface area contributed by atoms with Crippen molar-refractivity contribution in [1.82, 2.24) is 9.88 Å². The van der Waals surface area contributed by atoms with Gasteiger partial charge in [-0.2, -0.15) is 0 Å². The molecule has 5 nitrogen and oxygen atoms in total. The monoisotopic (exact) mass is 355 g/mol. The molecule has 26 heavy (non-hydrogen) atoms. The number of ketones is 1. The van der Waals surface area contributed by atoms with E-state index in [2.05, 4.69) is 11.9 Å². The molecule has 0 saturated heterocycles. The molecule has 0 spiro atoms. The van der Waals surface area contributed by atoms with E-state index in [4.69, 9.17) is 0 Å². The van der Waals surface area contributed by atoms with E-state index in [1.165, 1.54) is 0 Å². The summed E-state index contributed by atoms with van der Waals surface area (Å²) in [6.07, 6.45) is 1.60.